The van der Waals surface area contributed by atoms with Crippen molar-refractivity contribution in [3.8, 4) is 0 Å². The molecule has 0 N–H and O–H groups in total. The number of thiophene rings is 1. The Bertz CT molecular complexity index is 453. The van der Waals surface area contributed by atoms with Crippen LogP contribution in [0.5, 0.6) is 0 Å². The molecule has 0 bridgehead atoms. The summed E-state index contributed by atoms with van der Waals surface area (Å²) in [5, 5.41) is 2.79. The van der Waals surface area contributed by atoms with Crippen LogP contribution in [0, 0.1) is 0 Å². The molecule has 2 aromatic rings. The van der Waals surface area contributed by atoms with Gasteiger partial charge in [-0.15, -0.1) is 11.3 Å². The molecule has 0 radical (unpaired) electrons. The lowest BCUT2D eigenvalue weighted by molar-refractivity contribution is 0.680. The molecule has 2 nitrogen and oxygen atoms in total. The number of halogens is 1. The lowest BCUT2D eigenvalue weighted by Gasteiger charge is -2.25. The maximum Gasteiger partial charge on any atom is 0.128 e. The third kappa shape index (κ3) is 3.20. The lowest BCUT2D eigenvalue weighted by atomic mass is 10.2. The molecule has 0 amide bonds. The van der Waals surface area contributed by atoms with Gasteiger partial charge in [0, 0.05) is 30.6 Å². The summed E-state index contributed by atoms with van der Waals surface area (Å²) in [6.45, 7) is 2.20. The zero-order valence-corrected chi connectivity index (χ0v) is 11.5. The van der Waals surface area contributed by atoms with Crippen molar-refractivity contribution in [2.45, 2.75) is 19.4 Å². The summed E-state index contributed by atoms with van der Waals surface area (Å²) in [6, 6.07) is 8.51. The summed E-state index contributed by atoms with van der Waals surface area (Å²) >= 11 is 7.63. The summed E-state index contributed by atoms with van der Waals surface area (Å²) in [4.78, 5) is 7.90. The first-order chi connectivity index (χ1) is 8.16. The molecule has 17 heavy (non-hydrogen) atoms. The van der Waals surface area contributed by atoms with E-state index in [-0.39, 0.29) is 0 Å². The maximum absolute atomic E-state index is 5.83. The fraction of sp³-hybridized carbons (Fsp3) is 0.308. The van der Waals surface area contributed by atoms with Crippen LogP contribution in [0.1, 0.15) is 11.8 Å². The summed E-state index contributed by atoms with van der Waals surface area (Å²) in [5.74, 6) is 0.957. The van der Waals surface area contributed by atoms with Gasteiger partial charge in [-0.25, -0.2) is 4.98 Å². The zero-order chi connectivity index (χ0) is 12.3. The minimum atomic E-state index is 0.419. The van der Waals surface area contributed by atoms with Gasteiger partial charge in [0.1, 0.15) is 5.82 Å². The van der Waals surface area contributed by atoms with Crippen LogP contribution >= 0.6 is 22.9 Å². The molecule has 0 aliphatic heterocycles. The van der Waals surface area contributed by atoms with Crippen molar-refractivity contribution in [3.63, 3.8) is 0 Å². The quantitative estimate of drug-likeness (QED) is 0.835. The predicted octanol–water partition coefficient (Wildman–Crippen LogP) is 3.86. The average molecular weight is 267 g/mol. The molecular weight excluding hydrogens is 252 g/mol. The van der Waals surface area contributed by atoms with Crippen molar-refractivity contribution in [2.24, 2.45) is 0 Å². The average Bonchev–Trinajstić information content (AvgIpc) is 2.82. The second-order valence-electron chi connectivity index (χ2n) is 4.08. The molecule has 4 heteroatoms. The number of nitrogens with zero attached hydrogens (tertiary/aromatic N) is 2. The minimum absolute atomic E-state index is 0.419. The van der Waals surface area contributed by atoms with Gasteiger partial charge in [-0.3, -0.25) is 0 Å². The Hall–Kier alpha value is -1.06. The first-order valence-electron chi connectivity index (χ1n) is 5.53. The standard InChI is InChI=1S/C13H15ClN2S/c1-10(8-12-4-3-7-17-12)16(2)13-6-5-11(14)9-15-13/h3-7,9-10H,8H2,1-2H3. The summed E-state index contributed by atoms with van der Waals surface area (Å²) in [5.41, 5.74) is 0. The van der Waals surface area contributed by atoms with Gasteiger partial charge >= 0.3 is 0 Å². The van der Waals surface area contributed by atoms with Gasteiger partial charge in [0.15, 0.2) is 0 Å². The van der Waals surface area contributed by atoms with Gasteiger partial charge in [0.05, 0.1) is 5.02 Å². The predicted molar refractivity (Wildman–Crippen MR) is 75.1 cm³/mol. The number of likely N-dealkylation sites (N-methyl/N-ethyl adjacent to an activating group) is 1. The summed E-state index contributed by atoms with van der Waals surface area (Å²) < 4.78 is 0. The van der Waals surface area contributed by atoms with E-state index in [2.05, 4.69) is 41.4 Å². The SMILES string of the molecule is CC(Cc1cccs1)N(C)c1ccc(Cl)cn1. The van der Waals surface area contributed by atoms with Crippen molar-refractivity contribution >= 4 is 28.8 Å². The topological polar surface area (TPSA) is 16.1 Å². The van der Waals surface area contributed by atoms with Gasteiger partial charge in [-0.2, -0.15) is 0 Å². The number of hydrogen-bond acceptors (Lipinski definition) is 3. The Morgan fingerprint density at radius 1 is 1.41 bits per heavy atom. The molecule has 90 valence electrons. The number of rotatable bonds is 4. The van der Waals surface area contributed by atoms with Crippen molar-refractivity contribution in [2.75, 3.05) is 11.9 Å². The Kier molecular flexibility index (Phi) is 4.02. The van der Waals surface area contributed by atoms with Crippen LogP contribution in [0.15, 0.2) is 35.8 Å². The molecular formula is C13H15ClN2S. The highest BCUT2D eigenvalue weighted by molar-refractivity contribution is 7.09. The fourth-order valence-electron chi connectivity index (χ4n) is 1.66. The van der Waals surface area contributed by atoms with Crippen LogP contribution in [0.4, 0.5) is 5.82 Å². The molecule has 0 spiro atoms. The van der Waals surface area contributed by atoms with E-state index in [4.69, 9.17) is 11.6 Å². The third-order valence-electron chi connectivity index (χ3n) is 2.81. The Labute approximate surface area is 111 Å². The van der Waals surface area contributed by atoms with E-state index >= 15 is 0 Å². The normalized spacial score (nSPS) is 12.4. The molecule has 0 aliphatic carbocycles. The molecule has 1 unspecified atom stereocenters. The van der Waals surface area contributed by atoms with Crippen LogP contribution < -0.4 is 4.90 Å². The second kappa shape index (κ2) is 5.52. The summed E-state index contributed by atoms with van der Waals surface area (Å²) in [7, 11) is 2.06. The van der Waals surface area contributed by atoms with Crippen molar-refractivity contribution in [1.82, 2.24) is 4.98 Å². The monoisotopic (exact) mass is 266 g/mol. The van der Waals surface area contributed by atoms with Crippen LogP contribution in [-0.2, 0) is 6.42 Å². The van der Waals surface area contributed by atoms with Gasteiger partial charge in [-0.1, -0.05) is 17.7 Å². The van der Waals surface area contributed by atoms with Crippen LogP contribution in [0.25, 0.3) is 0 Å². The Morgan fingerprint density at radius 3 is 2.82 bits per heavy atom. The molecule has 0 saturated heterocycles. The Morgan fingerprint density at radius 2 is 2.24 bits per heavy atom. The first kappa shape index (κ1) is 12.4. The highest BCUT2D eigenvalue weighted by Crippen LogP contribution is 2.18. The number of anilines is 1. The van der Waals surface area contributed by atoms with Crippen LogP contribution in [0.2, 0.25) is 5.02 Å². The zero-order valence-electron chi connectivity index (χ0n) is 9.93. The maximum atomic E-state index is 5.83. The van der Waals surface area contributed by atoms with E-state index < -0.39 is 0 Å². The molecule has 2 rings (SSSR count). The van der Waals surface area contributed by atoms with Crippen molar-refractivity contribution in [1.29, 1.82) is 0 Å². The van der Waals surface area contributed by atoms with E-state index in [0.717, 1.165) is 12.2 Å². The molecule has 0 fully saturated rings. The smallest absolute Gasteiger partial charge is 0.128 e. The first-order valence-corrected chi connectivity index (χ1v) is 6.79. The molecule has 0 saturated carbocycles. The number of aromatic nitrogens is 1. The van der Waals surface area contributed by atoms with Gasteiger partial charge in [-0.05, 0) is 30.5 Å². The van der Waals surface area contributed by atoms with Gasteiger partial charge < -0.3 is 4.90 Å². The van der Waals surface area contributed by atoms with E-state index in [1.165, 1.54) is 4.88 Å². The van der Waals surface area contributed by atoms with Crippen molar-refractivity contribution in [3.05, 3.63) is 45.7 Å². The van der Waals surface area contributed by atoms with E-state index in [1.807, 2.05) is 12.1 Å². The summed E-state index contributed by atoms with van der Waals surface area (Å²) in [6.07, 6.45) is 2.73. The highest BCUT2D eigenvalue weighted by Gasteiger charge is 2.12. The molecule has 1 atom stereocenters. The third-order valence-corrected chi connectivity index (χ3v) is 3.93. The number of hydrogen-bond donors (Lipinski definition) is 0. The molecule has 0 aliphatic rings. The second-order valence-corrected chi connectivity index (χ2v) is 5.55. The molecule has 2 heterocycles. The lowest BCUT2D eigenvalue weighted by Crippen LogP contribution is -2.31. The van der Waals surface area contributed by atoms with E-state index in [9.17, 15) is 0 Å². The van der Waals surface area contributed by atoms with E-state index in [0.29, 0.717) is 11.1 Å². The van der Waals surface area contributed by atoms with Crippen LogP contribution in [0.3, 0.4) is 0 Å². The minimum Gasteiger partial charge on any atom is -0.357 e. The Balaban J connectivity index is 2.04. The highest BCUT2D eigenvalue weighted by atomic mass is 35.5. The fourth-order valence-corrected chi connectivity index (χ4v) is 2.60. The van der Waals surface area contributed by atoms with Crippen molar-refractivity contribution < 1.29 is 0 Å². The van der Waals surface area contributed by atoms with E-state index in [1.54, 1.807) is 17.5 Å². The largest absolute Gasteiger partial charge is 0.357 e. The molecule has 0 aromatic carbocycles. The van der Waals surface area contributed by atoms with Gasteiger partial charge in [0.2, 0.25) is 0 Å². The van der Waals surface area contributed by atoms with Gasteiger partial charge in [0.25, 0.3) is 0 Å². The molecule has 2 aromatic heterocycles. The number of pyridine rings is 1. The van der Waals surface area contributed by atoms with Crippen LogP contribution in [-0.4, -0.2) is 18.1 Å².